The van der Waals surface area contributed by atoms with Crippen molar-refractivity contribution in [2.75, 3.05) is 7.11 Å². The second-order valence-corrected chi connectivity index (χ2v) is 7.47. The Balaban J connectivity index is 2.03. The van der Waals surface area contributed by atoms with Crippen molar-refractivity contribution in [1.82, 2.24) is 28.5 Å². The summed E-state index contributed by atoms with van der Waals surface area (Å²) in [7, 11) is 4.73. The number of aryl methyl sites for hydroxylation is 3. The van der Waals surface area contributed by atoms with Gasteiger partial charge in [0.05, 0.1) is 19.3 Å². The van der Waals surface area contributed by atoms with E-state index in [1.165, 1.54) is 11.6 Å². The quantitative estimate of drug-likeness (QED) is 0.473. The molecule has 0 saturated heterocycles. The Morgan fingerprint density at radius 2 is 1.71 bits per heavy atom. The number of aromatic nitrogens is 6. The highest BCUT2D eigenvalue weighted by atomic mass is 16.5. The zero-order chi connectivity index (χ0) is 22.3. The number of rotatable bonds is 6. The Labute approximate surface area is 179 Å². The van der Waals surface area contributed by atoms with Gasteiger partial charge in [0.1, 0.15) is 5.75 Å². The normalized spacial score (nSPS) is 11.4. The fraction of sp³-hybridized carbons (Fsp3) is 0.364. The number of ether oxygens (including phenoxy) is 1. The molecule has 0 aliphatic carbocycles. The van der Waals surface area contributed by atoms with E-state index in [0.29, 0.717) is 23.7 Å². The number of hydrogen-bond donors (Lipinski definition) is 0. The second-order valence-electron chi connectivity index (χ2n) is 7.47. The molecule has 0 aliphatic rings. The second kappa shape index (κ2) is 7.90. The molecule has 4 rings (SSSR count). The molecule has 9 nitrogen and oxygen atoms in total. The minimum atomic E-state index is -0.413. The number of methoxy groups -OCH3 is 1. The predicted octanol–water partition coefficient (Wildman–Crippen LogP) is 1.80. The van der Waals surface area contributed by atoms with E-state index in [-0.39, 0.29) is 5.56 Å². The molecule has 0 unspecified atom stereocenters. The SMILES string of the molecule is CCc1cc(CC)n(-c2nc3c(c(=O)n(C)c(=O)n3C)n2Cc2ccc(OC)cc2)n1. The van der Waals surface area contributed by atoms with Gasteiger partial charge in [-0.3, -0.25) is 18.5 Å². The van der Waals surface area contributed by atoms with Crippen LogP contribution in [0.4, 0.5) is 0 Å². The molecule has 1 aromatic carbocycles. The molecule has 4 aromatic rings. The van der Waals surface area contributed by atoms with Crippen LogP contribution in [-0.2, 0) is 33.5 Å². The van der Waals surface area contributed by atoms with Gasteiger partial charge in [0.15, 0.2) is 11.2 Å². The van der Waals surface area contributed by atoms with E-state index in [1.54, 1.807) is 18.8 Å². The molecule has 0 amide bonds. The zero-order valence-electron chi connectivity index (χ0n) is 18.4. The van der Waals surface area contributed by atoms with Gasteiger partial charge in [-0.1, -0.05) is 26.0 Å². The molecule has 0 atom stereocenters. The first-order chi connectivity index (χ1) is 14.9. The van der Waals surface area contributed by atoms with Crippen molar-refractivity contribution in [1.29, 1.82) is 0 Å². The molecule has 162 valence electrons. The summed E-state index contributed by atoms with van der Waals surface area (Å²) in [6, 6.07) is 9.70. The lowest BCUT2D eigenvalue weighted by Crippen LogP contribution is -2.37. The van der Waals surface area contributed by atoms with Gasteiger partial charge < -0.3 is 4.74 Å². The summed E-state index contributed by atoms with van der Waals surface area (Å²) in [5.74, 6) is 1.27. The van der Waals surface area contributed by atoms with Crippen LogP contribution in [0, 0.1) is 0 Å². The standard InChI is InChI=1S/C22H26N6O3/c1-6-15-12-16(7-2)28(24-15)21-23-19-18(20(29)26(4)22(30)25(19)3)27(21)13-14-8-10-17(31-5)11-9-14/h8-12H,6-7,13H2,1-5H3. The molecule has 0 fully saturated rings. The maximum Gasteiger partial charge on any atom is 0.332 e. The summed E-state index contributed by atoms with van der Waals surface area (Å²) in [5, 5.41) is 4.72. The Morgan fingerprint density at radius 3 is 2.32 bits per heavy atom. The maximum atomic E-state index is 13.1. The summed E-state index contributed by atoms with van der Waals surface area (Å²) >= 11 is 0. The molecular formula is C22H26N6O3. The molecule has 9 heteroatoms. The van der Waals surface area contributed by atoms with E-state index in [1.807, 2.05) is 41.8 Å². The number of fused-ring (bicyclic) bond motifs is 1. The lowest BCUT2D eigenvalue weighted by atomic mass is 10.2. The van der Waals surface area contributed by atoms with Crippen LogP contribution in [0.3, 0.4) is 0 Å². The van der Waals surface area contributed by atoms with Crippen molar-refractivity contribution in [2.24, 2.45) is 14.1 Å². The summed E-state index contributed by atoms with van der Waals surface area (Å²) < 4.78 is 11.4. The molecule has 0 N–H and O–H groups in total. The van der Waals surface area contributed by atoms with Crippen molar-refractivity contribution in [2.45, 2.75) is 33.2 Å². The summed E-state index contributed by atoms with van der Waals surface area (Å²) in [5.41, 5.74) is 2.82. The van der Waals surface area contributed by atoms with E-state index >= 15 is 0 Å². The van der Waals surface area contributed by atoms with Crippen LogP contribution in [0.25, 0.3) is 17.1 Å². The minimum Gasteiger partial charge on any atom is -0.497 e. The summed E-state index contributed by atoms with van der Waals surface area (Å²) in [4.78, 5) is 30.3. The Morgan fingerprint density at radius 1 is 1.00 bits per heavy atom. The van der Waals surface area contributed by atoms with Gasteiger partial charge in [0, 0.05) is 19.8 Å². The number of nitrogens with zero attached hydrogens (tertiary/aromatic N) is 6. The van der Waals surface area contributed by atoms with Crippen LogP contribution in [0.15, 0.2) is 39.9 Å². The third-order valence-corrected chi connectivity index (χ3v) is 5.58. The van der Waals surface area contributed by atoms with Crippen LogP contribution >= 0.6 is 0 Å². The van der Waals surface area contributed by atoms with Gasteiger partial charge in [-0.25, -0.2) is 9.48 Å². The molecule has 3 aromatic heterocycles. The molecule has 0 aliphatic heterocycles. The Hall–Kier alpha value is -3.62. The third-order valence-electron chi connectivity index (χ3n) is 5.58. The monoisotopic (exact) mass is 422 g/mol. The van der Waals surface area contributed by atoms with Crippen molar-refractivity contribution < 1.29 is 4.74 Å². The smallest absolute Gasteiger partial charge is 0.332 e. The van der Waals surface area contributed by atoms with E-state index < -0.39 is 5.69 Å². The maximum absolute atomic E-state index is 13.1. The highest BCUT2D eigenvalue weighted by Crippen LogP contribution is 2.21. The van der Waals surface area contributed by atoms with Crippen molar-refractivity contribution in [3.8, 4) is 11.7 Å². The average molecular weight is 422 g/mol. The van der Waals surface area contributed by atoms with Gasteiger partial charge in [0.2, 0.25) is 5.95 Å². The van der Waals surface area contributed by atoms with Crippen LogP contribution < -0.4 is 16.0 Å². The molecule has 3 heterocycles. The topological polar surface area (TPSA) is 88.9 Å². The fourth-order valence-corrected chi connectivity index (χ4v) is 3.73. The van der Waals surface area contributed by atoms with Crippen LogP contribution in [0.5, 0.6) is 5.75 Å². The predicted molar refractivity (Wildman–Crippen MR) is 118 cm³/mol. The van der Waals surface area contributed by atoms with E-state index in [2.05, 4.69) is 6.92 Å². The lowest BCUT2D eigenvalue weighted by Gasteiger charge is -2.11. The van der Waals surface area contributed by atoms with Crippen molar-refractivity contribution in [3.05, 3.63) is 68.1 Å². The largest absolute Gasteiger partial charge is 0.497 e. The Bertz CT molecular complexity index is 1370. The first-order valence-corrected chi connectivity index (χ1v) is 10.3. The fourth-order valence-electron chi connectivity index (χ4n) is 3.73. The first kappa shape index (κ1) is 20.6. The van der Waals surface area contributed by atoms with E-state index in [4.69, 9.17) is 14.8 Å². The minimum absolute atomic E-state index is 0.340. The van der Waals surface area contributed by atoms with Crippen LogP contribution in [0.1, 0.15) is 30.8 Å². The molecule has 0 radical (unpaired) electrons. The number of imidazole rings is 1. The average Bonchev–Trinajstić information content (AvgIpc) is 3.38. The highest BCUT2D eigenvalue weighted by molar-refractivity contribution is 5.73. The number of benzene rings is 1. The Kier molecular flexibility index (Phi) is 5.26. The summed E-state index contributed by atoms with van der Waals surface area (Å²) in [6.45, 7) is 4.50. The number of hydrogen-bond acceptors (Lipinski definition) is 5. The van der Waals surface area contributed by atoms with Crippen LogP contribution in [0.2, 0.25) is 0 Å². The molecular weight excluding hydrogens is 396 g/mol. The van der Waals surface area contributed by atoms with Gasteiger partial charge in [-0.2, -0.15) is 10.1 Å². The van der Waals surface area contributed by atoms with E-state index in [0.717, 1.165) is 40.1 Å². The van der Waals surface area contributed by atoms with Crippen molar-refractivity contribution >= 4 is 11.2 Å². The van der Waals surface area contributed by atoms with Crippen LogP contribution in [-0.4, -0.2) is 35.6 Å². The summed E-state index contributed by atoms with van der Waals surface area (Å²) in [6.07, 6.45) is 1.55. The molecule has 0 bridgehead atoms. The van der Waals surface area contributed by atoms with Gasteiger partial charge in [0.25, 0.3) is 5.56 Å². The van der Waals surface area contributed by atoms with Gasteiger partial charge >= 0.3 is 5.69 Å². The highest BCUT2D eigenvalue weighted by Gasteiger charge is 2.22. The first-order valence-electron chi connectivity index (χ1n) is 10.3. The lowest BCUT2D eigenvalue weighted by molar-refractivity contribution is 0.414. The molecule has 31 heavy (non-hydrogen) atoms. The van der Waals surface area contributed by atoms with Gasteiger partial charge in [-0.05, 0) is 36.6 Å². The van der Waals surface area contributed by atoms with Crippen molar-refractivity contribution in [3.63, 3.8) is 0 Å². The third kappa shape index (κ3) is 3.35. The van der Waals surface area contributed by atoms with Gasteiger partial charge in [-0.15, -0.1) is 0 Å². The van der Waals surface area contributed by atoms with E-state index in [9.17, 15) is 9.59 Å². The zero-order valence-corrected chi connectivity index (χ0v) is 18.4. The molecule has 0 spiro atoms. The molecule has 0 saturated carbocycles.